The van der Waals surface area contributed by atoms with E-state index in [4.69, 9.17) is 11.6 Å². The highest BCUT2D eigenvalue weighted by molar-refractivity contribution is 7.92. The van der Waals surface area contributed by atoms with Gasteiger partial charge in [-0.3, -0.25) is 0 Å². The molecular formula is C11H11ClN2O2S. The second-order valence-corrected chi connectivity index (χ2v) is 6.67. The van der Waals surface area contributed by atoms with Crippen LogP contribution in [0.2, 0.25) is 5.28 Å². The van der Waals surface area contributed by atoms with Gasteiger partial charge in [0.05, 0.1) is 10.8 Å². The number of halogens is 1. The quantitative estimate of drug-likeness (QED) is 0.621. The maximum Gasteiger partial charge on any atom is 0.224 e. The highest BCUT2D eigenvalue weighted by Crippen LogP contribution is 2.24. The van der Waals surface area contributed by atoms with Gasteiger partial charge in [-0.2, -0.15) is 0 Å². The molecule has 0 spiro atoms. The molecule has 0 bridgehead atoms. The van der Waals surface area contributed by atoms with Crippen molar-refractivity contribution in [1.82, 2.24) is 9.97 Å². The van der Waals surface area contributed by atoms with Gasteiger partial charge in [0.1, 0.15) is 0 Å². The molecule has 0 aliphatic carbocycles. The molecule has 0 saturated carbocycles. The molecule has 0 amide bonds. The molecule has 2 rings (SSSR count). The Labute approximate surface area is 105 Å². The van der Waals surface area contributed by atoms with E-state index >= 15 is 0 Å². The third-order valence-electron chi connectivity index (χ3n) is 2.43. The van der Waals surface area contributed by atoms with Crippen LogP contribution in [0.5, 0.6) is 0 Å². The highest BCUT2D eigenvalue weighted by Gasteiger charge is 2.24. The zero-order chi connectivity index (χ0) is 12.6. The molecule has 2 aromatic rings. The van der Waals surface area contributed by atoms with E-state index in [9.17, 15) is 8.42 Å². The number of hydrogen-bond donors (Lipinski definition) is 0. The van der Waals surface area contributed by atoms with Crippen LogP contribution in [0.15, 0.2) is 29.3 Å². The van der Waals surface area contributed by atoms with Gasteiger partial charge in [0.25, 0.3) is 0 Å². The lowest BCUT2D eigenvalue weighted by Gasteiger charge is -2.09. The summed E-state index contributed by atoms with van der Waals surface area (Å²) in [5, 5.41) is -0.0894. The van der Waals surface area contributed by atoms with Crippen LogP contribution in [0.1, 0.15) is 13.8 Å². The normalized spacial score (nSPS) is 12.2. The topological polar surface area (TPSA) is 59.9 Å². The molecule has 1 aromatic carbocycles. The molecule has 4 nitrogen and oxygen atoms in total. The maximum absolute atomic E-state index is 12.1. The van der Waals surface area contributed by atoms with Crippen LogP contribution in [-0.2, 0) is 9.84 Å². The maximum atomic E-state index is 12.1. The number of hydrogen-bond acceptors (Lipinski definition) is 4. The van der Waals surface area contributed by atoms with Gasteiger partial charge in [-0.25, -0.2) is 18.4 Å². The first kappa shape index (κ1) is 12.3. The van der Waals surface area contributed by atoms with Gasteiger partial charge in [-0.15, -0.1) is 0 Å². The first-order valence-electron chi connectivity index (χ1n) is 5.09. The fourth-order valence-corrected chi connectivity index (χ4v) is 2.83. The first-order chi connectivity index (χ1) is 7.93. The number of fused-ring (bicyclic) bond motifs is 1. The lowest BCUT2D eigenvalue weighted by atomic mass is 10.2. The lowest BCUT2D eigenvalue weighted by Crippen LogP contribution is -2.16. The van der Waals surface area contributed by atoms with Gasteiger partial charge >= 0.3 is 0 Å². The van der Waals surface area contributed by atoms with E-state index in [2.05, 4.69) is 9.97 Å². The largest absolute Gasteiger partial charge is 0.224 e. The van der Waals surface area contributed by atoms with E-state index in [-0.39, 0.29) is 10.3 Å². The Bertz CT molecular complexity index is 668. The number of para-hydroxylation sites is 1. The van der Waals surface area contributed by atoms with E-state index in [1.165, 1.54) is 0 Å². The summed E-state index contributed by atoms with van der Waals surface area (Å²) in [6.45, 7) is 3.22. The van der Waals surface area contributed by atoms with Crippen molar-refractivity contribution in [2.75, 3.05) is 0 Å². The summed E-state index contributed by atoms with van der Waals surface area (Å²) in [4.78, 5) is 7.86. The number of aromatic nitrogens is 2. The van der Waals surface area contributed by atoms with E-state index in [1.807, 2.05) is 0 Å². The third kappa shape index (κ3) is 2.12. The summed E-state index contributed by atoms with van der Waals surface area (Å²) in [5.41, 5.74) is 0.534. The fourth-order valence-electron chi connectivity index (χ4n) is 1.46. The molecule has 0 N–H and O–H groups in total. The van der Waals surface area contributed by atoms with Crippen LogP contribution in [0.4, 0.5) is 0 Å². The molecule has 1 aromatic heterocycles. The Morgan fingerprint density at radius 3 is 2.47 bits per heavy atom. The second-order valence-electron chi connectivity index (χ2n) is 3.91. The monoisotopic (exact) mass is 270 g/mol. The van der Waals surface area contributed by atoms with Gasteiger partial charge < -0.3 is 0 Å². The molecule has 1 heterocycles. The Balaban J connectivity index is 2.86. The van der Waals surface area contributed by atoms with Crippen LogP contribution in [0, 0.1) is 0 Å². The van der Waals surface area contributed by atoms with E-state index in [0.29, 0.717) is 10.9 Å². The fraction of sp³-hybridized carbons (Fsp3) is 0.273. The Kier molecular flexibility index (Phi) is 3.05. The smallest absolute Gasteiger partial charge is 0.222 e. The molecule has 0 saturated heterocycles. The van der Waals surface area contributed by atoms with Crippen molar-refractivity contribution in [1.29, 1.82) is 0 Å². The molecule has 0 unspecified atom stereocenters. The highest BCUT2D eigenvalue weighted by atomic mass is 35.5. The molecule has 17 heavy (non-hydrogen) atoms. The van der Waals surface area contributed by atoms with Crippen LogP contribution < -0.4 is 0 Å². The number of sulfone groups is 1. The van der Waals surface area contributed by atoms with Crippen molar-refractivity contribution in [2.24, 2.45) is 0 Å². The minimum atomic E-state index is -3.46. The van der Waals surface area contributed by atoms with Crippen LogP contribution >= 0.6 is 11.6 Å². The predicted octanol–water partition coefficient (Wildman–Crippen LogP) is 2.47. The SMILES string of the molecule is CC(C)S(=O)(=O)c1nc(Cl)nc2ccccc12. The van der Waals surface area contributed by atoms with Crippen molar-refractivity contribution in [2.45, 2.75) is 24.1 Å². The van der Waals surface area contributed by atoms with Crippen molar-refractivity contribution in [3.8, 4) is 0 Å². The van der Waals surface area contributed by atoms with Crippen molar-refractivity contribution >= 4 is 32.3 Å². The molecule has 0 atom stereocenters. The third-order valence-corrected chi connectivity index (χ3v) is 4.69. The number of rotatable bonds is 2. The Hall–Kier alpha value is -1.20. The zero-order valence-electron chi connectivity index (χ0n) is 9.38. The van der Waals surface area contributed by atoms with Gasteiger partial charge in [0.2, 0.25) is 5.28 Å². The molecule has 6 heteroatoms. The average Bonchev–Trinajstić information content (AvgIpc) is 2.27. The molecule has 0 aliphatic rings. The van der Waals surface area contributed by atoms with Crippen molar-refractivity contribution in [3.63, 3.8) is 0 Å². The molecule has 0 radical (unpaired) electrons. The van der Waals surface area contributed by atoms with E-state index in [0.717, 1.165) is 0 Å². The summed E-state index contributed by atoms with van der Waals surface area (Å²) in [5.74, 6) is 0. The summed E-state index contributed by atoms with van der Waals surface area (Å²) >= 11 is 5.75. The lowest BCUT2D eigenvalue weighted by molar-refractivity contribution is 0.584. The minimum Gasteiger partial charge on any atom is -0.222 e. The molecule has 0 aliphatic heterocycles. The van der Waals surface area contributed by atoms with Gasteiger partial charge in [-0.1, -0.05) is 12.1 Å². The molecule has 0 fully saturated rings. The van der Waals surface area contributed by atoms with Crippen molar-refractivity contribution < 1.29 is 8.42 Å². The summed E-state index contributed by atoms with van der Waals surface area (Å²) in [6, 6.07) is 6.92. The zero-order valence-corrected chi connectivity index (χ0v) is 11.0. The second kappa shape index (κ2) is 4.23. The summed E-state index contributed by atoms with van der Waals surface area (Å²) < 4.78 is 24.3. The molecular weight excluding hydrogens is 260 g/mol. The standard InChI is InChI=1S/C11H11ClN2O2S/c1-7(2)17(15,16)10-8-5-3-4-6-9(8)13-11(12)14-10/h3-7H,1-2H3. The minimum absolute atomic E-state index is 0.00287. The van der Waals surface area contributed by atoms with E-state index < -0.39 is 15.1 Å². The number of nitrogens with zero attached hydrogens (tertiary/aromatic N) is 2. The van der Waals surface area contributed by atoms with Gasteiger partial charge in [-0.05, 0) is 37.6 Å². The summed E-state index contributed by atoms with van der Waals surface area (Å²) in [6.07, 6.45) is 0. The van der Waals surface area contributed by atoms with E-state index in [1.54, 1.807) is 38.1 Å². The number of benzene rings is 1. The molecule has 90 valence electrons. The van der Waals surface area contributed by atoms with Gasteiger partial charge in [0.15, 0.2) is 14.9 Å². The van der Waals surface area contributed by atoms with Crippen molar-refractivity contribution in [3.05, 3.63) is 29.5 Å². The van der Waals surface area contributed by atoms with Crippen LogP contribution in [0.3, 0.4) is 0 Å². The first-order valence-corrected chi connectivity index (χ1v) is 7.01. The van der Waals surface area contributed by atoms with Crippen LogP contribution in [-0.4, -0.2) is 23.6 Å². The summed E-state index contributed by atoms with van der Waals surface area (Å²) in [7, 11) is -3.46. The van der Waals surface area contributed by atoms with Gasteiger partial charge in [0, 0.05) is 5.39 Å². The van der Waals surface area contributed by atoms with Crippen LogP contribution in [0.25, 0.3) is 10.9 Å². The average molecular weight is 271 g/mol. The Morgan fingerprint density at radius 1 is 1.18 bits per heavy atom. The predicted molar refractivity (Wildman–Crippen MR) is 66.9 cm³/mol. The Morgan fingerprint density at radius 2 is 1.82 bits per heavy atom.